The van der Waals surface area contributed by atoms with Crippen molar-refractivity contribution in [3.05, 3.63) is 200 Å². The zero-order chi connectivity index (χ0) is 37.7. The van der Waals surface area contributed by atoms with Gasteiger partial charge in [-0.15, -0.1) is 11.3 Å². The third kappa shape index (κ3) is 5.95. The summed E-state index contributed by atoms with van der Waals surface area (Å²) in [6, 6.07) is 70.8. The van der Waals surface area contributed by atoms with Crippen molar-refractivity contribution in [2.75, 3.05) is 0 Å². The van der Waals surface area contributed by atoms with Crippen LogP contribution in [0.5, 0.6) is 0 Å². The molecule has 3 heterocycles. The molecule has 0 unspecified atom stereocenters. The lowest BCUT2D eigenvalue weighted by Crippen LogP contribution is -1.96. The van der Waals surface area contributed by atoms with Crippen molar-refractivity contribution in [3.63, 3.8) is 0 Å². The van der Waals surface area contributed by atoms with Gasteiger partial charge in [0.25, 0.3) is 0 Å². The fourth-order valence-corrected chi connectivity index (χ4v) is 9.20. The van der Waals surface area contributed by atoms with E-state index in [-0.39, 0.29) is 0 Å². The Balaban J connectivity index is 1.04. The number of nitrogens with zero attached hydrogens (tertiary/aromatic N) is 3. The van der Waals surface area contributed by atoms with E-state index in [1.54, 1.807) is 0 Å². The Morgan fingerprint density at radius 2 is 0.877 bits per heavy atom. The number of benzene rings is 8. The second-order valence-corrected chi connectivity index (χ2v) is 15.5. The van der Waals surface area contributed by atoms with Crippen molar-refractivity contribution in [3.8, 4) is 67.4 Å². The van der Waals surface area contributed by atoms with Gasteiger partial charge >= 0.3 is 0 Å². The van der Waals surface area contributed by atoms with Crippen molar-refractivity contribution in [1.82, 2.24) is 15.0 Å². The standard InChI is InChI=1S/C53H33N3S/c1-4-13-34(14-5-1)39-19-12-20-41(31-39)47-33-46(55-53(56-47)38-17-8-3-9-18-38)36-25-23-35(24-26-36)40-27-29-45-44(32-40)50-43(52(54-45)37-15-6-2-7-16-37)28-30-49-51(50)42-21-10-11-22-48(42)57-49/h1-33H. The van der Waals surface area contributed by atoms with Gasteiger partial charge in [0, 0.05) is 58.6 Å². The van der Waals surface area contributed by atoms with E-state index in [1.807, 2.05) is 35.6 Å². The quantitative estimate of drug-likeness (QED) is 0.159. The van der Waals surface area contributed by atoms with Crippen LogP contribution in [0.4, 0.5) is 0 Å². The lowest BCUT2D eigenvalue weighted by molar-refractivity contribution is 1.18. The molecule has 0 fully saturated rings. The highest BCUT2D eigenvalue weighted by atomic mass is 32.1. The topological polar surface area (TPSA) is 38.7 Å². The molecule has 3 nitrogen and oxygen atoms in total. The Bertz CT molecular complexity index is 3260. The summed E-state index contributed by atoms with van der Waals surface area (Å²) in [7, 11) is 0. The van der Waals surface area contributed by atoms with Gasteiger partial charge in [-0.25, -0.2) is 15.0 Å². The minimum Gasteiger partial charge on any atom is -0.247 e. The molecule has 11 aromatic rings. The van der Waals surface area contributed by atoms with Gasteiger partial charge in [-0.05, 0) is 58.7 Å². The maximum absolute atomic E-state index is 5.31. The first-order valence-electron chi connectivity index (χ1n) is 19.2. The number of pyridine rings is 1. The van der Waals surface area contributed by atoms with Crippen LogP contribution in [0.1, 0.15) is 0 Å². The number of hydrogen-bond acceptors (Lipinski definition) is 4. The molecule has 3 aromatic heterocycles. The van der Waals surface area contributed by atoms with Crippen molar-refractivity contribution in [2.24, 2.45) is 0 Å². The first-order valence-corrected chi connectivity index (χ1v) is 20.0. The normalized spacial score (nSPS) is 11.5. The van der Waals surface area contributed by atoms with Crippen LogP contribution in [0.25, 0.3) is 109 Å². The Morgan fingerprint density at radius 1 is 0.298 bits per heavy atom. The fraction of sp³-hybridized carbons (Fsp3) is 0. The summed E-state index contributed by atoms with van der Waals surface area (Å²) in [4.78, 5) is 15.5. The van der Waals surface area contributed by atoms with E-state index in [0.29, 0.717) is 5.82 Å². The summed E-state index contributed by atoms with van der Waals surface area (Å²) in [5, 5.41) is 6.17. The molecule has 0 saturated carbocycles. The van der Waals surface area contributed by atoms with Gasteiger partial charge in [-0.2, -0.15) is 0 Å². The molecule has 0 N–H and O–H groups in total. The van der Waals surface area contributed by atoms with Crippen LogP contribution in [0.15, 0.2) is 200 Å². The SMILES string of the molecule is c1ccc(-c2cccc(-c3cc(-c4ccc(-c5ccc6nc(-c7ccccc7)c7ccc8sc9ccccc9c8c7c6c5)cc4)nc(-c4ccccc4)n3)c2)cc1. The Morgan fingerprint density at radius 3 is 1.65 bits per heavy atom. The Kier molecular flexibility index (Phi) is 8.01. The second-order valence-electron chi connectivity index (χ2n) is 14.4. The van der Waals surface area contributed by atoms with Gasteiger partial charge in [-0.3, -0.25) is 0 Å². The Labute approximate surface area is 334 Å². The number of thiophene rings is 1. The minimum absolute atomic E-state index is 0.702. The van der Waals surface area contributed by atoms with E-state index in [9.17, 15) is 0 Å². The number of fused-ring (bicyclic) bond motifs is 7. The van der Waals surface area contributed by atoms with Crippen LogP contribution in [-0.2, 0) is 0 Å². The smallest absolute Gasteiger partial charge is 0.160 e. The van der Waals surface area contributed by atoms with Gasteiger partial charge in [0.1, 0.15) is 0 Å². The summed E-state index contributed by atoms with van der Waals surface area (Å²) in [5.41, 5.74) is 12.6. The molecule has 0 atom stereocenters. The van der Waals surface area contributed by atoms with Crippen LogP contribution in [-0.4, -0.2) is 15.0 Å². The van der Waals surface area contributed by atoms with E-state index in [0.717, 1.165) is 66.9 Å². The molecular formula is C53H33N3S. The van der Waals surface area contributed by atoms with Gasteiger partial charge < -0.3 is 0 Å². The number of hydrogen-bond donors (Lipinski definition) is 0. The summed E-state index contributed by atoms with van der Waals surface area (Å²) in [6.45, 7) is 0. The lowest BCUT2D eigenvalue weighted by atomic mass is 9.94. The zero-order valence-electron chi connectivity index (χ0n) is 30.8. The number of rotatable bonds is 6. The van der Waals surface area contributed by atoms with E-state index in [4.69, 9.17) is 15.0 Å². The zero-order valence-corrected chi connectivity index (χ0v) is 31.6. The maximum atomic E-state index is 5.31. The van der Waals surface area contributed by atoms with Crippen LogP contribution >= 0.6 is 11.3 Å². The summed E-state index contributed by atoms with van der Waals surface area (Å²) >= 11 is 1.85. The summed E-state index contributed by atoms with van der Waals surface area (Å²) < 4.78 is 2.58. The number of aromatic nitrogens is 3. The molecule has 0 bridgehead atoms. The van der Waals surface area contributed by atoms with Gasteiger partial charge in [0.15, 0.2) is 5.82 Å². The van der Waals surface area contributed by atoms with E-state index in [1.165, 1.54) is 36.5 Å². The van der Waals surface area contributed by atoms with E-state index in [2.05, 4.69) is 176 Å². The van der Waals surface area contributed by atoms with Crippen LogP contribution in [0, 0.1) is 0 Å². The molecule has 266 valence electrons. The average Bonchev–Trinajstić information content (AvgIpc) is 3.68. The molecule has 0 aliphatic carbocycles. The van der Waals surface area contributed by atoms with E-state index >= 15 is 0 Å². The van der Waals surface area contributed by atoms with Crippen molar-refractivity contribution in [2.45, 2.75) is 0 Å². The molecule has 0 spiro atoms. The average molecular weight is 744 g/mol. The summed E-state index contributed by atoms with van der Waals surface area (Å²) in [5.74, 6) is 0.702. The first-order chi connectivity index (χ1) is 28.2. The predicted octanol–water partition coefficient (Wildman–Crippen LogP) is 14.5. The van der Waals surface area contributed by atoms with Gasteiger partial charge in [0.05, 0.1) is 22.6 Å². The van der Waals surface area contributed by atoms with Gasteiger partial charge in [-0.1, -0.05) is 164 Å². The third-order valence-electron chi connectivity index (χ3n) is 10.9. The molecule has 0 amide bonds. The van der Waals surface area contributed by atoms with Crippen molar-refractivity contribution < 1.29 is 0 Å². The molecule has 0 aliphatic rings. The van der Waals surface area contributed by atoms with Crippen LogP contribution < -0.4 is 0 Å². The third-order valence-corrected chi connectivity index (χ3v) is 12.0. The highest BCUT2D eigenvalue weighted by Crippen LogP contribution is 2.44. The van der Waals surface area contributed by atoms with E-state index < -0.39 is 0 Å². The molecule has 0 saturated heterocycles. The highest BCUT2D eigenvalue weighted by Gasteiger charge is 2.18. The minimum atomic E-state index is 0.702. The van der Waals surface area contributed by atoms with Crippen LogP contribution in [0.2, 0.25) is 0 Å². The largest absolute Gasteiger partial charge is 0.247 e. The van der Waals surface area contributed by atoms with Crippen molar-refractivity contribution in [1.29, 1.82) is 0 Å². The maximum Gasteiger partial charge on any atom is 0.160 e. The molecular weight excluding hydrogens is 711 g/mol. The molecule has 0 radical (unpaired) electrons. The summed E-state index contributed by atoms with van der Waals surface area (Å²) in [6.07, 6.45) is 0. The monoisotopic (exact) mass is 743 g/mol. The van der Waals surface area contributed by atoms with Gasteiger partial charge in [0.2, 0.25) is 0 Å². The molecule has 11 rings (SSSR count). The van der Waals surface area contributed by atoms with Crippen molar-refractivity contribution >= 4 is 53.2 Å². The molecule has 8 aromatic carbocycles. The van der Waals surface area contributed by atoms with Crippen LogP contribution in [0.3, 0.4) is 0 Å². The lowest BCUT2D eigenvalue weighted by Gasteiger charge is -2.13. The molecule has 57 heavy (non-hydrogen) atoms. The highest BCUT2D eigenvalue weighted by molar-refractivity contribution is 7.26. The first kappa shape index (κ1) is 33.1. The molecule has 4 heteroatoms. The fourth-order valence-electron chi connectivity index (χ4n) is 8.09. The molecule has 0 aliphatic heterocycles. The second kappa shape index (κ2) is 13.8. The Hall–Kier alpha value is -7.27. The predicted molar refractivity (Wildman–Crippen MR) is 240 cm³/mol.